The summed E-state index contributed by atoms with van der Waals surface area (Å²) in [5.74, 6) is -2.97. The Morgan fingerprint density at radius 2 is 2.09 bits per heavy atom. The number of fused-ring (bicyclic) bond motifs is 1. The topological polar surface area (TPSA) is 68.5 Å². The minimum Gasteiger partial charge on any atom is -0.477 e. The fourth-order valence-corrected chi connectivity index (χ4v) is 2.82. The Labute approximate surface area is 135 Å². The molecule has 1 heterocycles. The lowest BCUT2D eigenvalue weighted by atomic mass is 10.1. The number of aromatic nitrogens is 1. The summed E-state index contributed by atoms with van der Waals surface area (Å²) in [4.78, 5) is 23.5. The summed E-state index contributed by atoms with van der Waals surface area (Å²) in [5.41, 5.74) is -1.54. The standard InChI is InChI=1S/C14H9BrF3NO4/c15-9-8(16)3-6-10(12(9)23-14(17)18)19(5-1-2-5)4-7(11(6)20)13(21)22/h3-5,14H,1-2H2,(H,21,22). The molecule has 1 aromatic carbocycles. The minimum atomic E-state index is -3.22. The van der Waals surface area contributed by atoms with E-state index < -0.39 is 35.1 Å². The summed E-state index contributed by atoms with van der Waals surface area (Å²) in [6, 6.07) is 0.680. The van der Waals surface area contributed by atoms with Crippen LogP contribution in [0.2, 0.25) is 0 Å². The van der Waals surface area contributed by atoms with E-state index in [1.807, 2.05) is 0 Å². The number of carbonyl (C=O) groups is 1. The number of pyridine rings is 1. The summed E-state index contributed by atoms with van der Waals surface area (Å²) in [6.07, 6.45) is 2.48. The van der Waals surface area contributed by atoms with Crippen LogP contribution in [0.25, 0.3) is 10.9 Å². The van der Waals surface area contributed by atoms with E-state index in [0.717, 1.165) is 12.3 Å². The highest BCUT2D eigenvalue weighted by atomic mass is 79.9. The molecule has 0 radical (unpaired) electrons. The molecule has 0 amide bonds. The van der Waals surface area contributed by atoms with Crippen molar-refractivity contribution in [2.45, 2.75) is 25.5 Å². The van der Waals surface area contributed by atoms with E-state index in [1.165, 1.54) is 4.57 Å². The SMILES string of the molecule is O=C(O)c1cn(C2CC2)c2c(OC(F)F)c(Br)c(F)cc2c1=O. The van der Waals surface area contributed by atoms with E-state index in [1.54, 1.807) is 0 Å². The molecule has 9 heteroatoms. The molecule has 5 nitrogen and oxygen atoms in total. The van der Waals surface area contributed by atoms with Crippen molar-refractivity contribution >= 4 is 32.8 Å². The third-order valence-electron chi connectivity index (χ3n) is 3.54. The average Bonchev–Trinajstić information content (AvgIpc) is 3.28. The number of carboxylic acids is 1. The van der Waals surface area contributed by atoms with Gasteiger partial charge in [0, 0.05) is 12.2 Å². The van der Waals surface area contributed by atoms with Gasteiger partial charge in [-0.2, -0.15) is 8.78 Å². The molecular weight excluding hydrogens is 383 g/mol. The van der Waals surface area contributed by atoms with Gasteiger partial charge in [-0.15, -0.1) is 0 Å². The zero-order valence-electron chi connectivity index (χ0n) is 11.4. The number of aromatic carboxylic acids is 1. The molecule has 1 aliphatic rings. The van der Waals surface area contributed by atoms with Gasteiger partial charge in [0.05, 0.1) is 15.4 Å². The van der Waals surface area contributed by atoms with Gasteiger partial charge >= 0.3 is 12.6 Å². The Morgan fingerprint density at radius 1 is 1.43 bits per heavy atom. The van der Waals surface area contributed by atoms with Crippen LogP contribution in [0.3, 0.4) is 0 Å². The number of halogens is 4. The Kier molecular flexibility index (Phi) is 3.83. The Morgan fingerprint density at radius 3 is 2.61 bits per heavy atom. The van der Waals surface area contributed by atoms with Gasteiger partial charge in [-0.1, -0.05) is 0 Å². The fourth-order valence-electron chi connectivity index (χ4n) is 2.42. The van der Waals surface area contributed by atoms with Crippen LogP contribution in [-0.4, -0.2) is 22.3 Å². The van der Waals surface area contributed by atoms with Crippen molar-refractivity contribution in [2.24, 2.45) is 0 Å². The normalized spacial score (nSPS) is 14.5. The van der Waals surface area contributed by atoms with Crippen LogP contribution < -0.4 is 10.2 Å². The molecule has 1 fully saturated rings. The van der Waals surface area contributed by atoms with Crippen molar-refractivity contribution in [3.05, 3.63) is 38.3 Å². The van der Waals surface area contributed by atoms with Gasteiger partial charge in [0.1, 0.15) is 11.4 Å². The van der Waals surface area contributed by atoms with Crippen molar-refractivity contribution in [2.75, 3.05) is 0 Å². The summed E-state index contributed by atoms with van der Waals surface area (Å²) >= 11 is 2.84. The summed E-state index contributed by atoms with van der Waals surface area (Å²) in [6.45, 7) is -3.22. The lowest BCUT2D eigenvalue weighted by Gasteiger charge is -2.17. The van der Waals surface area contributed by atoms with E-state index in [-0.39, 0.29) is 21.4 Å². The predicted molar refractivity (Wildman–Crippen MR) is 77.7 cm³/mol. The van der Waals surface area contributed by atoms with Gasteiger partial charge in [-0.05, 0) is 34.8 Å². The second-order valence-electron chi connectivity index (χ2n) is 5.09. The maximum atomic E-state index is 14.0. The Balaban J connectivity index is 2.46. The number of nitrogens with zero attached hydrogens (tertiary/aromatic N) is 1. The molecule has 0 bridgehead atoms. The van der Waals surface area contributed by atoms with Crippen molar-refractivity contribution in [3.63, 3.8) is 0 Å². The quantitative estimate of drug-likeness (QED) is 0.865. The van der Waals surface area contributed by atoms with Crippen molar-refractivity contribution in [1.29, 1.82) is 0 Å². The van der Waals surface area contributed by atoms with Crippen LogP contribution in [0, 0.1) is 5.82 Å². The molecule has 0 aliphatic heterocycles. The van der Waals surface area contributed by atoms with Crippen LogP contribution in [0.15, 0.2) is 21.5 Å². The first-order chi connectivity index (χ1) is 10.8. The van der Waals surface area contributed by atoms with Gasteiger partial charge in [0.15, 0.2) is 5.75 Å². The van der Waals surface area contributed by atoms with E-state index in [0.29, 0.717) is 12.8 Å². The molecule has 2 aromatic rings. The highest BCUT2D eigenvalue weighted by molar-refractivity contribution is 9.10. The van der Waals surface area contributed by atoms with Gasteiger partial charge in [0.25, 0.3) is 0 Å². The van der Waals surface area contributed by atoms with Crippen molar-refractivity contribution < 1.29 is 27.8 Å². The molecule has 1 N–H and O–H groups in total. The highest BCUT2D eigenvalue weighted by Crippen LogP contribution is 2.42. The van der Waals surface area contributed by atoms with Crippen molar-refractivity contribution in [1.82, 2.24) is 4.57 Å². The maximum absolute atomic E-state index is 14.0. The summed E-state index contributed by atoms with van der Waals surface area (Å²) in [5, 5.41) is 8.81. The zero-order valence-corrected chi connectivity index (χ0v) is 12.9. The molecule has 122 valence electrons. The van der Waals surface area contributed by atoms with Crippen LogP contribution in [-0.2, 0) is 0 Å². The zero-order chi connectivity index (χ0) is 16.9. The molecule has 3 rings (SSSR count). The average molecular weight is 392 g/mol. The number of carboxylic acid groups (broad SMARTS) is 1. The summed E-state index contributed by atoms with van der Waals surface area (Å²) < 4.78 is 44.7. The lowest BCUT2D eigenvalue weighted by Crippen LogP contribution is -2.20. The second kappa shape index (κ2) is 5.55. The minimum absolute atomic E-state index is 0.0453. The second-order valence-corrected chi connectivity index (χ2v) is 5.88. The highest BCUT2D eigenvalue weighted by Gasteiger charge is 2.30. The van der Waals surface area contributed by atoms with Crippen LogP contribution in [0.1, 0.15) is 29.2 Å². The molecule has 0 unspecified atom stereocenters. The molecule has 1 saturated carbocycles. The first-order valence-corrected chi connectivity index (χ1v) is 7.35. The third kappa shape index (κ3) is 2.69. The van der Waals surface area contributed by atoms with Crippen molar-refractivity contribution in [3.8, 4) is 5.75 Å². The Hall–Kier alpha value is -2.03. The van der Waals surface area contributed by atoms with E-state index in [4.69, 9.17) is 5.11 Å². The molecule has 1 aromatic heterocycles. The van der Waals surface area contributed by atoms with Crippen LogP contribution in [0.5, 0.6) is 5.75 Å². The largest absolute Gasteiger partial charge is 0.477 e. The maximum Gasteiger partial charge on any atom is 0.387 e. The van der Waals surface area contributed by atoms with Gasteiger partial charge in [-0.25, -0.2) is 9.18 Å². The monoisotopic (exact) mass is 391 g/mol. The Bertz CT molecular complexity index is 877. The number of alkyl halides is 2. The first-order valence-electron chi connectivity index (χ1n) is 6.56. The number of rotatable bonds is 4. The van der Waals surface area contributed by atoms with E-state index >= 15 is 0 Å². The predicted octanol–water partition coefficient (Wildman–Crippen LogP) is 3.54. The fraction of sp³-hybridized carbons (Fsp3) is 0.286. The summed E-state index contributed by atoms with van der Waals surface area (Å²) in [7, 11) is 0. The molecule has 23 heavy (non-hydrogen) atoms. The molecule has 0 saturated heterocycles. The van der Waals surface area contributed by atoms with E-state index in [2.05, 4.69) is 20.7 Å². The van der Waals surface area contributed by atoms with Crippen LogP contribution in [0.4, 0.5) is 13.2 Å². The first kappa shape index (κ1) is 15.9. The number of benzene rings is 1. The molecule has 0 atom stereocenters. The number of hydrogen-bond donors (Lipinski definition) is 1. The molecule has 1 aliphatic carbocycles. The van der Waals surface area contributed by atoms with E-state index in [9.17, 15) is 22.8 Å². The lowest BCUT2D eigenvalue weighted by molar-refractivity contribution is -0.0497. The number of ether oxygens (including phenoxy) is 1. The third-order valence-corrected chi connectivity index (χ3v) is 4.28. The van der Waals surface area contributed by atoms with Gasteiger partial charge < -0.3 is 14.4 Å². The number of hydrogen-bond acceptors (Lipinski definition) is 3. The van der Waals surface area contributed by atoms with Gasteiger partial charge in [0.2, 0.25) is 5.43 Å². The van der Waals surface area contributed by atoms with Gasteiger partial charge in [-0.3, -0.25) is 4.79 Å². The molecule has 0 spiro atoms. The van der Waals surface area contributed by atoms with Crippen LogP contribution >= 0.6 is 15.9 Å². The molecular formula is C14H9BrF3NO4. The smallest absolute Gasteiger partial charge is 0.387 e.